The van der Waals surface area contributed by atoms with Crippen LogP contribution in [0.5, 0.6) is 0 Å². The summed E-state index contributed by atoms with van der Waals surface area (Å²) >= 11 is 0. The fourth-order valence-electron chi connectivity index (χ4n) is 3.45. The van der Waals surface area contributed by atoms with Crippen molar-refractivity contribution in [2.24, 2.45) is 0 Å². The number of fused-ring (bicyclic) bond motifs is 1. The van der Waals surface area contributed by atoms with Crippen LogP contribution in [0.15, 0.2) is 24.5 Å². The van der Waals surface area contributed by atoms with Crippen LogP contribution < -0.4 is 10.2 Å². The molecule has 1 atom stereocenters. The molecule has 22 heavy (non-hydrogen) atoms. The first kappa shape index (κ1) is 13.6. The number of anilines is 1. The molecule has 5 heteroatoms. The topological polar surface area (TPSA) is 53.9 Å². The molecule has 0 amide bonds. The highest BCUT2D eigenvalue weighted by molar-refractivity contribution is 5.61. The molecule has 2 aliphatic heterocycles. The molecule has 2 aliphatic rings. The van der Waals surface area contributed by atoms with Crippen LogP contribution in [0.4, 0.5) is 5.82 Å². The summed E-state index contributed by atoms with van der Waals surface area (Å²) in [6.07, 6.45) is 7.14. The van der Waals surface area contributed by atoms with E-state index in [1.807, 2.05) is 18.3 Å². The molecule has 114 valence electrons. The summed E-state index contributed by atoms with van der Waals surface area (Å²) in [5, 5.41) is 3.42. The van der Waals surface area contributed by atoms with E-state index in [9.17, 15) is 0 Å². The van der Waals surface area contributed by atoms with Gasteiger partial charge in [0.25, 0.3) is 0 Å². The molecule has 0 radical (unpaired) electrons. The fraction of sp³-hybridized carbons (Fsp3) is 0.471. The normalized spacial score (nSPS) is 21.0. The smallest absolute Gasteiger partial charge is 0.163 e. The van der Waals surface area contributed by atoms with E-state index in [0.717, 1.165) is 49.0 Å². The van der Waals surface area contributed by atoms with Gasteiger partial charge in [0.15, 0.2) is 5.82 Å². The van der Waals surface area contributed by atoms with Gasteiger partial charge in [0, 0.05) is 42.7 Å². The summed E-state index contributed by atoms with van der Waals surface area (Å²) in [5.41, 5.74) is 3.47. The number of nitrogens with zero attached hydrogens (tertiary/aromatic N) is 4. The zero-order valence-corrected chi connectivity index (χ0v) is 12.9. The molecule has 2 aromatic heterocycles. The molecule has 4 heterocycles. The van der Waals surface area contributed by atoms with Gasteiger partial charge in [-0.05, 0) is 44.9 Å². The van der Waals surface area contributed by atoms with Gasteiger partial charge in [-0.15, -0.1) is 0 Å². The van der Waals surface area contributed by atoms with Crippen molar-refractivity contribution < 1.29 is 0 Å². The molecule has 0 aromatic carbocycles. The SMILES string of the molecule is CC1CCCN1c1nc(-c2cccnc2)nc2c1CCNC2. The first-order valence-electron chi connectivity index (χ1n) is 8.10. The summed E-state index contributed by atoms with van der Waals surface area (Å²) in [5.74, 6) is 1.94. The third kappa shape index (κ3) is 2.35. The van der Waals surface area contributed by atoms with Crippen LogP contribution in [-0.2, 0) is 13.0 Å². The Morgan fingerprint density at radius 2 is 2.27 bits per heavy atom. The summed E-state index contributed by atoms with van der Waals surface area (Å²) in [4.78, 5) is 16.4. The second kappa shape index (κ2) is 5.65. The average molecular weight is 295 g/mol. The average Bonchev–Trinajstić information content (AvgIpc) is 3.00. The zero-order chi connectivity index (χ0) is 14.9. The lowest BCUT2D eigenvalue weighted by molar-refractivity contribution is 0.617. The number of rotatable bonds is 2. The highest BCUT2D eigenvalue weighted by Crippen LogP contribution is 2.31. The molecule has 1 N–H and O–H groups in total. The van der Waals surface area contributed by atoms with Crippen molar-refractivity contribution in [2.45, 2.75) is 38.8 Å². The quantitative estimate of drug-likeness (QED) is 0.920. The fourth-order valence-corrected chi connectivity index (χ4v) is 3.45. The monoisotopic (exact) mass is 295 g/mol. The summed E-state index contributed by atoms with van der Waals surface area (Å²) in [6.45, 7) is 5.25. The molecule has 1 saturated heterocycles. The van der Waals surface area contributed by atoms with Crippen LogP contribution in [0.1, 0.15) is 31.0 Å². The van der Waals surface area contributed by atoms with Gasteiger partial charge in [0.2, 0.25) is 0 Å². The van der Waals surface area contributed by atoms with Crippen molar-refractivity contribution in [3.05, 3.63) is 35.8 Å². The highest BCUT2D eigenvalue weighted by Gasteiger charge is 2.27. The van der Waals surface area contributed by atoms with Crippen molar-refractivity contribution in [2.75, 3.05) is 18.0 Å². The van der Waals surface area contributed by atoms with Crippen molar-refractivity contribution >= 4 is 5.82 Å². The van der Waals surface area contributed by atoms with E-state index in [-0.39, 0.29) is 0 Å². The Hall–Kier alpha value is -2.01. The third-order valence-corrected chi connectivity index (χ3v) is 4.66. The molecule has 0 saturated carbocycles. The maximum Gasteiger partial charge on any atom is 0.163 e. The summed E-state index contributed by atoms with van der Waals surface area (Å²) < 4.78 is 0. The standard InChI is InChI=1S/C17H21N5/c1-12-4-3-9-22(12)17-14-6-8-19-11-15(14)20-16(21-17)13-5-2-7-18-10-13/h2,5,7,10,12,19H,3-4,6,8-9,11H2,1H3. The van der Waals surface area contributed by atoms with E-state index in [1.54, 1.807) is 6.20 Å². The predicted octanol–water partition coefficient (Wildman–Crippen LogP) is 2.17. The van der Waals surface area contributed by atoms with Crippen molar-refractivity contribution in [3.8, 4) is 11.4 Å². The Labute approximate surface area is 130 Å². The molecule has 4 rings (SSSR count). The second-order valence-electron chi connectivity index (χ2n) is 6.15. The zero-order valence-electron chi connectivity index (χ0n) is 12.9. The molecule has 5 nitrogen and oxygen atoms in total. The van der Waals surface area contributed by atoms with Crippen LogP contribution in [-0.4, -0.2) is 34.1 Å². The lowest BCUT2D eigenvalue weighted by Gasteiger charge is -2.28. The Balaban J connectivity index is 1.84. The van der Waals surface area contributed by atoms with Crippen LogP contribution in [0.3, 0.4) is 0 Å². The summed E-state index contributed by atoms with van der Waals surface area (Å²) in [7, 11) is 0. The minimum atomic E-state index is 0.565. The van der Waals surface area contributed by atoms with E-state index in [1.165, 1.54) is 18.4 Å². The number of hydrogen-bond acceptors (Lipinski definition) is 5. The van der Waals surface area contributed by atoms with Crippen LogP contribution >= 0.6 is 0 Å². The molecule has 0 aliphatic carbocycles. The van der Waals surface area contributed by atoms with E-state index in [0.29, 0.717) is 6.04 Å². The van der Waals surface area contributed by atoms with Gasteiger partial charge < -0.3 is 10.2 Å². The first-order valence-corrected chi connectivity index (χ1v) is 8.10. The van der Waals surface area contributed by atoms with Gasteiger partial charge in [0.1, 0.15) is 5.82 Å². The number of aromatic nitrogens is 3. The molecular weight excluding hydrogens is 274 g/mol. The minimum absolute atomic E-state index is 0.565. The Morgan fingerprint density at radius 1 is 1.32 bits per heavy atom. The van der Waals surface area contributed by atoms with Crippen molar-refractivity contribution in [1.29, 1.82) is 0 Å². The highest BCUT2D eigenvalue weighted by atomic mass is 15.2. The Morgan fingerprint density at radius 3 is 3.05 bits per heavy atom. The second-order valence-corrected chi connectivity index (χ2v) is 6.15. The molecule has 0 bridgehead atoms. The van der Waals surface area contributed by atoms with Gasteiger partial charge >= 0.3 is 0 Å². The maximum atomic E-state index is 4.94. The van der Waals surface area contributed by atoms with Gasteiger partial charge in [0.05, 0.1) is 5.69 Å². The van der Waals surface area contributed by atoms with Gasteiger partial charge in [-0.2, -0.15) is 0 Å². The third-order valence-electron chi connectivity index (χ3n) is 4.66. The molecule has 1 fully saturated rings. The van der Waals surface area contributed by atoms with Gasteiger partial charge in [-0.1, -0.05) is 0 Å². The molecule has 1 unspecified atom stereocenters. The number of hydrogen-bond donors (Lipinski definition) is 1. The Kier molecular flexibility index (Phi) is 3.50. The lowest BCUT2D eigenvalue weighted by atomic mass is 10.1. The van der Waals surface area contributed by atoms with Crippen LogP contribution in [0.25, 0.3) is 11.4 Å². The molecule has 0 spiro atoms. The minimum Gasteiger partial charge on any atom is -0.354 e. The summed E-state index contributed by atoms with van der Waals surface area (Å²) in [6, 6.07) is 4.53. The molecule has 2 aromatic rings. The van der Waals surface area contributed by atoms with Crippen LogP contribution in [0, 0.1) is 0 Å². The van der Waals surface area contributed by atoms with Gasteiger partial charge in [-0.25, -0.2) is 9.97 Å². The largest absolute Gasteiger partial charge is 0.354 e. The molecular formula is C17H21N5. The first-order chi connectivity index (χ1) is 10.8. The van der Waals surface area contributed by atoms with E-state index in [4.69, 9.17) is 9.97 Å². The van der Waals surface area contributed by atoms with E-state index >= 15 is 0 Å². The number of pyridine rings is 1. The Bertz CT molecular complexity index is 670. The maximum absolute atomic E-state index is 4.94. The van der Waals surface area contributed by atoms with Crippen molar-refractivity contribution in [3.63, 3.8) is 0 Å². The number of nitrogens with one attached hydrogen (secondary N) is 1. The van der Waals surface area contributed by atoms with Crippen molar-refractivity contribution in [1.82, 2.24) is 20.3 Å². The van der Waals surface area contributed by atoms with E-state index < -0.39 is 0 Å². The van der Waals surface area contributed by atoms with E-state index in [2.05, 4.69) is 22.1 Å². The van der Waals surface area contributed by atoms with Gasteiger partial charge in [-0.3, -0.25) is 4.98 Å². The predicted molar refractivity (Wildman–Crippen MR) is 86.7 cm³/mol. The van der Waals surface area contributed by atoms with Crippen LogP contribution in [0.2, 0.25) is 0 Å². The lowest BCUT2D eigenvalue weighted by Crippen LogP contribution is -2.32.